The van der Waals surface area contributed by atoms with Crippen molar-refractivity contribution in [2.24, 2.45) is 0 Å². The first-order chi connectivity index (χ1) is 12.1. The van der Waals surface area contributed by atoms with Gasteiger partial charge < -0.3 is 15.0 Å². The second kappa shape index (κ2) is 7.31. The van der Waals surface area contributed by atoms with E-state index in [2.05, 4.69) is 15.3 Å². The number of benzene rings is 2. The monoisotopic (exact) mass is 355 g/mol. The molecule has 0 saturated carbocycles. The fourth-order valence-electron chi connectivity index (χ4n) is 2.56. The number of aromatic nitrogens is 2. The molecule has 7 heteroatoms. The van der Waals surface area contributed by atoms with Crippen molar-refractivity contribution in [3.05, 3.63) is 68.7 Å². The lowest BCUT2D eigenvalue weighted by Crippen LogP contribution is -2.25. The standard InChI is InChI=1S/C18H17N3O3S/c1-24-13-4-2-3-11(9-13)7-8-19-16(22)12-5-6-14-15(10-12)20-18(25)21-17(14)23/h2-6,9-10H,7-8H2,1H3,(H,19,22)(H2,20,21,23,25). The predicted molar refractivity (Wildman–Crippen MR) is 98.8 cm³/mol. The molecule has 0 aliphatic heterocycles. The molecule has 3 rings (SSSR count). The molecule has 0 unspecified atom stereocenters. The summed E-state index contributed by atoms with van der Waals surface area (Å²) in [4.78, 5) is 29.5. The highest BCUT2D eigenvalue weighted by atomic mass is 32.1. The summed E-state index contributed by atoms with van der Waals surface area (Å²) in [6.07, 6.45) is 0.693. The van der Waals surface area contributed by atoms with Gasteiger partial charge in [-0.2, -0.15) is 0 Å². The Labute approximate surface area is 148 Å². The van der Waals surface area contributed by atoms with Crippen LogP contribution in [0, 0.1) is 4.77 Å². The quantitative estimate of drug-likeness (QED) is 0.614. The van der Waals surface area contributed by atoms with E-state index in [1.54, 1.807) is 25.3 Å². The van der Waals surface area contributed by atoms with Gasteiger partial charge in [0.2, 0.25) is 0 Å². The van der Waals surface area contributed by atoms with Crippen LogP contribution in [0.3, 0.4) is 0 Å². The van der Waals surface area contributed by atoms with Gasteiger partial charge >= 0.3 is 0 Å². The summed E-state index contributed by atoms with van der Waals surface area (Å²) in [6, 6.07) is 12.6. The van der Waals surface area contributed by atoms with E-state index in [4.69, 9.17) is 17.0 Å². The molecule has 1 heterocycles. The number of carbonyl (C=O) groups excluding carboxylic acids is 1. The number of H-pyrrole nitrogens is 2. The normalized spacial score (nSPS) is 10.6. The number of carbonyl (C=O) groups is 1. The summed E-state index contributed by atoms with van der Waals surface area (Å²) in [7, 11) is 1.62. The second-order valence-corrected chi connectivity index (χ2v) is 5.93. The average molecular weight is 355 g/mol. The van der Waals surface area contributed by atoms with E-state index in [0.29, 0.717) is 29.4 Å². The molecule has 0 aliphatic carbocycles. The molecular formula is C18H17N3O3S. The highest BCUT2D eigenvalue weighted by Crippen LogP contribution is 2.13. The lowest BCUT2D eigenvalue weighted by Gasteiger charge is -2.07. The lowest BCUT2D eigenvalue weighted by molar-refractivity contribution is 0.0954. The zero-order chi connectivity index (χ0) is 17.8. The fourth-order valence-corrected chi connectivity index (χ4v) is 2.76. The number of nitrogens with one attached hydrogen (secondary N) is 3. The van der Waals surface area contributed by atoms with E-state index < -0.39 is 0 Å². The van der Waals surface area contributed by atoms with Crippen LogP contribution >= 0.6 is 12.2 Å². The van der Waals surface area contributed by atoms with Crippen LogP contribution in [0.15, 0.2) is 47.3 Å². The molecule has 25 heavy (non-hydrogen) atoms. The average Bonchev–Trinajstić information content (AvgIpc) is 2.61. The largest absolute Gasteiger partial charge is 0.497 e. The molecule has 6 nitrogen and oxygen atoms in total. The summed E-state index contributed by atoms with van der Waals surface area (Å²) in [6.45, 7) is 0.495. The molecule has 1 amide bonds. The number of methoxy groups -OCH3 is 1. The molecule has 0 bridgehead atoms. The van der Waals surface area contributed by atoms with Crippen LogP contribution in [-0.4, -0.2) is 29.5 Å². The maximum atomic E-state index is 12.3. The van der Waals surface area contributed by atoms with Gasteiger partial charge in [0.15, 0.2) is 4.77 Å². The number of fused-ring (bicyclic) bond motifs is 1. The van der Waals surface area contributed by atoms with Crippen molar-refractivity contribution in [2.75, 3.05) is 13.7 Å². The molecule has 0 saturated heterocycles. The summed E-state index contributed by atoms with van der Waals surface area (Å²) < 4.78 is 5.41. The third-order valence-corrected chi connectivity index (χ3v) is 4.04. The number of hydrogen-bond donors (Lipinski definition) is 3. The van der Waals surface area contributed by atoms with E-state index in [1.165, 1.54) is 0 Å². The SMILES string of the molecule is COc1cccc(CCNC(=O)c2ccc3c(=O)[nH]c(=S)[nH]c3c2)c1. The Morgan fingerprint density at radius 2 is 2.04 bits per heavy atom. The molecule has 3 aromatic rings. The molecule has 1 aromatic heterocycles. The van der Waals surface area contributed by atoms with Gasteiger partial charge in [-0.15, -0.1) is 0 Å². The Balaban J connectivity index is 1.69. The van der Waals surface area contributed by atoms with Gasteiger partial charge in [0.1, 0.15) is 5.75 Å². The maximum Gasteiger partial charge on any atom is 0.259 e. The number of aromatic amines is 2. The molecule has 0 spiro atoms. The minimum Gasteiger partial charge on any atom is -0.497 e. The van der Waals surface area contributed by atoms with Crippen molar-refractivity contribution in [1.82, 2.24) is 15.3 Å². The molecular weight excluding hydrogens is 338 g/mol. The molecule has 128 valence electrons. The van der Waals surface area contributed by atoms with Gasteiger partial charge in [-0.25, -0.2) is 0 Å². The van der Waals surface area contributed by atoms with Crippen molar-refractivity contribution < 1.29 is 9.53 Å². The van der Waals surface area contributed by atoms with E-state index in [9.17, 15) is 9.59 Å². The van der Waals surface area contributed by atoms with E-state index >= 15 is 0 Å². The Bertz CT molecular complexity index is 1040. The van der Waals surface area contributed by atoms with Crippen molar-refractivity contribution in [2.45, 2.75) is 6.42 Å². The number of hydrogen-bond acceptors (Lipinski definition) is 4. The number of rotatable bonds is 5. The summed E-state index contributed by atoms with van der Waals surface area (Å²) >= 11 is 4.96. The fraction of sp³-hybridized carbons (Fsp3) is 0.167. The molecule has 0 fully saturated rings. The molecule has 0 aliphatic rings. The van der Waals surface area contributed by atoms with E-state index in [-0.39, 0.29) is 16.2 Å². The highest BCUT2D eigenvalue weighted by molar-refractivity contribution is 7.71. The summed E-state index contributed by atoms with van der Waals surface area (Å²) in [5, 5.41) is 3.33. The highest BCUT2D eigenvalue weighted by Gasteiger charge is 2.08. The lowest BCUT2D eigenvalue weighted by atomic mass is 10.1. The molecule has 3 N–H and O–H groups in total. The van der Waals surface area contributed by atoms with Gasteiger partial charge in [0.25, 0.3) is 11.5 Å². The smallest absolute Gasteiger partial charge is 0.259 e. The van der Waals surface area contributed by atoms with Crippen LogP contribution in [0.1, 0.15) is 15.9 Å². The van der Waals surface area contributed by atoms with Crippen molar-refractivity contribution in [3.8, 4) is 5.75 Å². The van der Waals surface area contributed by atoms with Gasteiger partial charge in [-0.3, -0.25) is 14.6 Å². The minimum absolute atomic E-state index is 0.204. The third-order valence-electron chi connectivity index (χ3n) is 3.84. The molecule has 0 radical (unpaired) electrons. The zero-order valence-electron chi connectivity index (χ0n) is 13.6. The van der Waals surface area contributed by atoms with E-state index in [1.807, 2.05) is 24.3 Å². The predicted octanol–water partition coefficient (Wildman–Crippen LogP) is 2.57. The van der Waals surface area contributed by atoms with Gasteiger partial charge in [0.05, 0.1) is 18.0 Å². The maximum absolute atomic E-state index is 12.3. The second-order valence-electron chi connectivity index (χ2n) is 5.53. The first-order valence-corrected chi connectivity index (χ1v) is 8.15. The van der Waals surface area contributed by atoms with Crippen molar-refractivity contribution in [3.63, 3.8) is 0 Å². The topological polar surface area (TPSA) is 87.0 Å². The first kappa shape index (κ1) is 16.9. The van der Waals surface area contributed by atoms with Gasteiger partial charge in [-0.05, 0) is 54.5 Å². The van der Waals surface area contributed by atoms with Crippen LogP contribution < -0.4 is 15.6 Å². The molecule has 2 aromatic carbocycles. The van der Waals surface area contributed by atoms with Crippen LogP contribution in [0.25, 0.3) is 10.9 Å². The van der Waals surface area contributed by atoms with Crippen LogP contribution in [-0.2, 0) is 6.42 Å². The van der Waals surface area contributed by atoms with Crippen molar-refractivity contribution in [1.29, 1.82) is 0 Å². The zero-order valence-corrected chi connectivity index (χ0v) is 14.4. The number of amides is 1. The van der Waals surface area contributed by atoms with Crippen molar-refractivity contribution >= 4 is 29.0 Å². The Hall–Kier alpha value is -2.93. The Kier molecular flexibility index (Phi) is 4.95. The Morgan fingerprint density at radius 3 is 2.84 bits per heavy atom. The minimum atomic E-state index is -0.274. The van der Waals surface area contributed by atoms with Gasteiger partial charge in [0, 0.05) is 12.1 Å². The Morgan fingerprint density at radius 1 is 1.20 bits per heavy atom. The summed E-state index contributed by atoms with van der Waals surface area (Å²) in [5.74, 6) is 0.586. The van der Waals surface area contributed by atoms with Gasteiger partial charge in [-0.1, -0.05) is 12.1 Å². The van der Waals surface area contributed by atoms with Crippen LogP contribution in [0.4, 0.5) is 0 Å². The summed E-state index contributed by atoms with van der Waals surface area (Å²) in [5.41, 5.74) is 1.81. The molecule has 0 atom stereocenters. The van der Waals surface area contributed by atoms with E-state index in [0.717, 1.165) is 11.3 Å². The first-order valence-electron chi connectivity index (χ1n) is 7.74. The third kappa shape index (κ3) is 3.95. The van der Waals surface area contributed by atoms with Crippen LogP contribution in [0.2, 0.25) is 0 Å². The number of ether oxygens (including phenoxy) is 1. The van der Waals surface area contributed by atoms with Crippen LogP contribution in [0.5, 0.6) is 5.75 Å².